The summed E-state index contributed by atoms with van der Waals surface area (Å²) < 4.78 is 19.1. The molecule has 0 bridgehead atoms. The average molecular weight is 422 g/mol. The van der Waals surface area contributed by atoms with E-state index < -0.39 is 0 Å². The third-order valence-corrected chi connectivity index (χ3v) is 4.99. The van der Waals surface area contributed by atoms with Crippen LogP contribution in [0.5, 0.6) is 5.75 Å². The van der Waals surface area contributed by atoms with Crippen LogP contribution in [0.1, 0.15) is 37.8 Å². The maximum Gasteiger partial charge on any atom is 0.223 e. The third-order valence-electron chi connectivity index (χ3n) is 4.99. The van der Waals surface area contributed by atoms with Crippen LogP contribution in [0, 0.1) is 5.82 Å². The molecule has 5 nitrogen and oxygen atoms in total. The molecule has 0 radical (unpaired) electrons. The fourth-order valence-corrected chi connectivity index (χ4v) is 3.51. The van der Waals surface area contributed by atoms with Gasteiger partial charge in [0.15, 0.2) is 11.6 Å². The largest absolute Gasteiger partial charge is 0.491 e. The molecule has 1 aromatic carbocycles. The van der Waals surface area contributed by atoms with E-state index in [0.717, 1.165) is 38.0 Å². The van der Waals surface area contributed by atoms with E-state index in [1.54, 1.807) is 24.4 Å². The molecule has 158 valence electrons. The summed E-state index contributed by atoms with van der Waals surface area (Å²) in [7, 11) is 0. The molecule has 1 aliphatic rings. The Morgan fingerprint density at radius 1 is 1.17 bits per heavy atom. The van der Waals surface area contributed by atoms with Crippen molar-refractivity contribution in [2.24, 2.45) is 0 Å². The van der Waals surface area contributed by atoms with Gasteiger partial charge in [0.25, 0.3) is 0 Å². The maximum absolute atomic E-state index is 13.6. The van der Waals surface area contributed by atoms with Gasteiger partial charge in [0.1, 0.15) is 0 Å². The quantitative estimate of drug-likeness (QED) is 0.655. The van der Waals surface area contributed by atoms with Crippen molar-refractivity contribution in [2.45, 2.75) is 44.7 Å². The second kappa shape index (κ2) is 12.4. The molecule has 2 heterocycles. The minimum absolute atomic E-state index is 0. The molecule has 1 saturated heterocycles. The molecule has 7 heteroatoms. The molecular formula is C22H29ClFN3O2. The van der Waals surface area contributed by atoms with Crippen molar-refractivity contribution in [2.75, 3.05) is 19.7 Å². The van der Waals surface area contributed by atoms with E-state index in [4.69, 9.17) is 4.74 Å². The van der Waals surface area contributed by atoms with Crippen molar-refractivity contribution in [3.8, 4) is 5.75 Å². The molecule has 1 unspecified atom stereocenters. The van der Waals surface area contributed by atoms with Crippen molar-refractivity contribution in [1.29, 1.82) is 0 Å². The number of halogens is 2. The highest BCUT2D eigenvalue weighted by atomic mass is 35.5. The smallest absolute Gasteiger partial charge is 0.223 e. The predicted molar refractivity (Wildman–Crippen MR) is 114 cm³/mol. The summed E-state index contributed by atoms with van der Waals surface area (Å²) in [5.74, 6) is -0.0404. The minimum Gasteiger partial charge on any atom is -0.491 e. The molecule has 0 aliphatic carbocycles. The molecule has 3 rings (SSSR count). The zero-order chi connectivity index (χ0) is 19.6. The zero-order valence-electron chi connectivity index (χ0n) is 16.6. The van der Waals surface area contributed by atoms with Gasteiger partial charge < -0.3 is 15.0 Å². The second-order valence-electron chi connectivity index (χ2n) is 7.06. The van der Waals surface area contributed by atoms with Gasteiger partial charge >= 0.3 is 0 Å². The molecule has 29 heavy (non-hydrogen) atoms. The van der Waals surface area contributed by atoms with Crippen LogP contribution in [0.15, 0.2) is 48.7 Å². The van der Waals surface area contributed by atoms with Gasteiger partial charge in [0.2, 0.25) is 5.91 Å². The molecule has 1 aliphatic heterocycles. The summed E-state index contributed by atoms with van der Waals surface area (Å²) in [5, 5.41) is 3.40. The van der Waals surface area contributed by atoms with E-state index in [2.05, 4.69) is 10.3 Å². The van der Waals surface area contributed by atoms with Gasteiger partial charge in [-0.3, -0.25) is 9.78 Å². The maximum atomic E-state index is 13.6. The van der Waals surface area contributed by atoms with Gasteiger partial charge in [-0.05, 0) is 63.0 Å². The average Bonchev–Trinajstić information content (AvgIpc) is 3.00. The van der Waals surface area contributed by atoms with Gasteiger partial charge in [-0.15, -0.1) is 12.4 Å². The number of hydrogen-bond acceptors (Lipinski definition) is 4. The highest BCUT2D eigenvalue weighted by molar-refractivity contribution is 5.85. The fourth-order valence-electron chi connectivity index (χ4n) is 3.51. The van der Waals surface area contributed by atoms with Crippen molar-refractivity contribution in [1.82, 2.24) is 15.2 Å². The Bertz CT molecular complexity index is 740. The number of benzene rings is 1. The molecule has 1 aromatic heterocycles. The van der Waals surface area contributed by atoms with Gasteiger partial charge in [-0.2, -0.15) is 0 Å². The molecule has 0 saturated carbocycles. The number of amides is 1. The summed E-state index contributed by atoms with van der Waals surface area (Å²) in [4.78, 5) is 19.3. The van der Waals surface area contributed by atoms with Crippen LogP contribution in [0.4, 0.5) is 4.39 Å². The SMILES string of the molecule is Cl.O=C(CCCOc1ccccc1F)N(Cc1ccccn1)C1CCCNCC1. The number of hydrogen-bond donors (Lipinski definition) is 1. The van der Waals surface area contributed by atoms with E-state index in [1.165, 1.54) is 6.07 Å². The number of aromatic nitrogens is 1. The van der Waals surface area contributed by atoms with Crippen molar-refractivity contribution >= 4 is 18.3 Å². The van der Waals surface area contributed by atoms with E-state index in [9.17, 15) is 9.18 Å². The van der Waals surface area contributed by atoms with Crippen LogP contribution in [0.3, 0.4) is 0 Å². The van der Waals surface area contributed by atoms with Gasteiger partial charge in [0, 0.05) is 18.7 Å². The second-order valence-corrected chi connectivity index (χ2v) is 7.06. The zero-order valence-corrected chi connectivity index (χ0v) is 17.4. The van der Waals surface area contributed by atoms with E-state index in [1.807, 2.05) is 23.1 Å². The monoisotopic (exact) mass is 421 g/mol. The standard InChI is InChI=1S/C22H28FN3O2.ClH/c23-20-9-1-2-10-21(20)28-16-6-11-22(27)26(17-18-7-3-4-14-25-18)19-8-5-13-24-15-12-19;/h1-4,7,9-10,14,19,24H,5-6,8,11-13,15-17H2;1H. The lowest BCUT2D eigenvalue weighted by atomic mass is 10.1. The van der Waals surface area contributed by atoms with Crippen LogP contribution < -0.4 is 10.1 Å². The minimum atomic E-state index is -0.378. The summed E-state index contributed by atoms with van der Waals surface area (Å²) in [6.45, 7) is 2.76. The molecule has 2 aromatic rings. The number of pyridine rings is 1. The van der Waals surface area contributed by atoms with Gasteiger partial charge in [-0.1, -0.05) is 18.2 Å². The van der Waals surface area contributed by atoms with E-state index in [-0.39, 0.29) is 35.9 Å². The van der Waals surface area contributed by atoms with Crippen LogP contribution in [-0.4, -0.2) is 41.5 Å². The van der Waals surface area contributed by atoms with Crippen LogP contribution in [0.2, 0.25) is 0 Å². The van der Waals surface area contributed by atoms with Crippen molar-refractivity contribution in [3.63, 3.8) is 0 Å². The van der Waals surface area contributed by atoms with Crippen molar-refractivity contribution < 1.29 is 13.9 Å². The molecular weight excluding hydrogens is 393 g/mol. The predicted octanol–water partition coefficient (Wildman–Crippen LogP) is 3.97. The number of rotatable bonds is 8. The number of carbonyl (C=O) groups is 1. The summed E-state index contributed by atoms with van der Waals surface area (Å²) in [5.41, 5.74) is 0.899. The van der Waals surface area contributed by atoms with Crippen molar-refractivity contribution in [3.05, 3.63) is 60.2 Å². The molecule has 1 fully saturated rings. The van der Waals surface area contributed by atoms with Crippen LogP contribution in [-0.2, 0) is 11.3 Å². The topological polar surface area (TPSA) is 54.5 Å². The Balaban J connectivity index is 0.00000300. The summed E-state index contributed by atoms with van der Waals surface area (Å²) in [6, 6.07) is 12.3. The molecule has 1 amide bonds. The van der Waals surface area contributed by atoms with E-state index in [0.29, 0.717) is 26.0 Å². The Labute approximate surface area is 178 Å². The molecule has 1 atom stereocenters. The Kier molecular flexibility index (Phi) is 9.88. The van der Waals surface area contributed by atoms with Gasteiger partial charge in [-0.25, -0.2) is 4.39 Å². The number of para-hydroxylation sites is 1. The first kappa shape index (κ1) is 23.1. The van der Waals surface area contributed by atoms with E-state index >= 15 is 0 Å². The summed E-state index contributed by atoms with van der Waals surface area (Å²) >= 11 is 0. The number of nitrogens with zero attached hydrogens (tertiary/aromatic N) is 2. The first-order valence-electron chi connectivity index (χ1n) is 10.0. The lowest BCUT2D eigenvalue weighted by Crippen LogP contribution is -2.40. The van der Waals surface area contributed by atoms with Crippen LogP contribution in [0.25, 0.3) is 0 Å². The highest BCUT2D eigenvalue weighted by Gasteiger charge is 2.24. The summed E-state index contributed by atoms with van der Waals surface area (Å²) in [6.07, 6.45) is 5.70. The first-order valence-corrected chi connectivity index (χ1v) is 10.0. The number of nitrogens with one attached hydrogen (secondary N) is 1. The van der Waals surface area contributed by atoms with Gasteiger partial charge in [0.05, 0.1) is 18.8 Å². The molecule has 0 spiro atoms. The normalized spacial score (nSPS) is 16.4. The number of carbonyl (C=O) groups excluding carboxylic acids is 1. The lowest BCUT2D eigenvalue weighted by Gasteiger charge is -2.31. The van der Waals surface area contributed by atoms with Crippen LogP contribution >= 0.6 is 12.4 Å². The first-order chi connectivity index (χ1) is 13.7. The fraction of sp³-hybridized carbons (Fsp3) is 0.455. The Morgan fingerprint density at radius 2 is 2.00 bits per heavy atom. The Morgan fingerprint density at radius 3 is 2.79 bits per heavy atom. The molecule has 1 N–H and O–H groups in total. The Hall–Kier alpha value is -2.18. The number of ether oxygens (including phenoxy) is 1. The third kappa shape index (κ3) is 7.29. The lowest BCUT2D eigenvalue weighted by molar-refractivity contribution is -0.134. The highest BCUT2D eigenvalue weighted by Crippen LogP contribution is 2.19.